The number of pyridine rings is 1. The zero-order valence-corrected chi connectivity index (χ0v) is 12.2. The van der Waals surface area contributed by atoms with Crippen molar-refractivity contribution in [2.24, 2.45) is 0 Å². The maximum atomic E-state index is 12.1. The quantitative estimate of drug-likeness (QED) is 0.795. The number of rotatable bonds is 7. The number of nitrogens with zero attached hydrogens (tertiary/aromatic N) is 1. The minimum absolute atomic E-state index is 0.139. The van der Waals surface area contributed by atoms with Crippen molar-refractivity contribution in [3.8, 4) is 5.88 Å². The number of aromatic nitrogens is 1. The Kier molecular flexibility index (Phi) is 5.76. The molecule has 0 spiro atoms. The Morgan fingerprint density at radius 2 is 2.00 bits per heavy atom. The molecule has 1 aromatic carbocycles. The van der Waals surface area contributed by atoms with Gasteiger partial charge in [0, 0.05) is 12.7 Å². The Morgan fingerprint density at radius 1 is 1.19 bits per heavy atom. The lowest BCUT2D eigenvalue weighted by Gasteiger charge is -2.09. The average Bonchev–Trinajstić information content (AvgIpc) is 2.53. The van der Waals surface area contributed by atoms with Gasteiger partial charge in [-0.3, -0.25) is 4.79 Å². The van der Waals surface area contributed by atoms with Gasteiger partial charge in [0.1, 0.15) is 5.56 Å². The monoisotopic (exact) mass is 284 g/mol. The first kappa shape index (κ1) is 15.0. The second-order valence-electron chi connectivity index (χ2n) is 4.63. The van der Waals surface area contributed by atoms with Gasteiger partial charge in [0.25, 0.3) is 5.91 Å². The molecule has 1 heterocycles. The van der Waals surface area contributed by atoms with Crippen LogP contribution in [0.25, 0.3) is 0 Å². The van der Waals surface area contributed by atoms with Crippen LogP contribution in [0.4, 0.5) is 0 Å². The molecule has 0 saturated heterocycles. The Balaban J connectivity index is 1.82. The second kappa shape index (κ2) is 8.04. The van der Waals surface area contributed by atoms with Crippen LogP contribution in [0.15, 0.2) is 48.7 Å². The largest absolute Gasteiger partial charge is 0.477 e. The predicted octanol–water partition coefficient (Wildman–Crippen LogP) is 2.84. The summed E-state index contributed by atoms with van der Waals surface area (Å²) in [4.78, 5) is 16.2. The Labute approximate surface area is 125 Å². The van der Waals surface area contributed by atoms with E-state index in [1.807, 2.05) is 25.1 Å². The molecule has 0 bridgehead atoms. The van der Waals surface area contributed by atoms with Crippen molar-refractivity contribution in [1.29, 1.82) is 0 Å². The summed E-state index contributed by atoms with van der Waals surface area (Å²) in [6.07, 6.45) is 3.48. The van der Waals surface area contributed by atoms with Gasteiger partial charge in [-0.15, -0.1) is 0 Å². The number of benzene rings is 1. The summed E-state index contributed by atoms with van der Waals surface area (Å²) in [5.41, 5.74) is 1.77. The minimum atomic E-state index is -0.139. The lowest BCUT2D eigenvalue weighted by Crippen LogP contribution is -2.25. The molecule has 0 saturated carbocycles. The summed E-state index contributed by atoms with van der Waals surface area (Å²) in [6.45, 7) is 3.00. The third-order valence-corrected chi connectivity index (χ3v) is 3.07. The summed E-state index contributed by atoms with van der Waals surface area (Å²) in [5, 5.41) is 2.91. The fourth-order valence-corrected chi connectivity index (χ4v) is 2.05. The van der Waals surface area contributed by atoms with Gasteiger partial charge in [-0.05, 0) is 37.5 Å². The lowest BCUT2D eigenvalue weighted by molar-refractivity contribution is 0.0948. The number of ether oxygens (including phenoxy) is 1. The number of carbonyl (C=O) groups excluding carboxylic acids is 1. The number of aryl methyl sites for hydroxylation is 1. The van der Waals surface area contributed by atoms with Gasteiger partial charge >= 0.3 is 0 Å². The first-order chi connectivity index (χ1) is 10.3. The number of hydrogen-bond donors (Lipinski definition) is 1. The van der Waals surface area contributed by atoms with Gasteiger partial charge < -0.3 is 10.1 Å². The van der Waals surface area contributed by atoms with Gasteiger partial charge in [-0.2, -0.15) is 0 Å². The highest BCUT2D eigenvalue weighted by Crippen LogP contribution is 2.13. The van der Waals surface area contributed by atoms with Crippen molar-refractivity contribution >= 4 is 5.91 Å². The van der Waals surface area contributed by atoms with Crippen molar-refractivity contribution in [2.75, 3.05) is 13.2 Å². The number of amides is 1. The van der Waals surface area contributed by atoms with Crippen LogP contribution in [0.5, 0.6) is 5.88 Å². The molecule has 4 heteroatoms. The number of hydrogen-bond acceptors (Lipinski definition) is 3. The van der Waals surface area contributed by atoms with Crippen LogP contribution < -0.4 is 10.1 Å². The lowest BCUT2D eigenvalue weighted by atomic mass is 10.1. The highest BCUT2D eigenvalue weighted by Gasteiger charge is 2.12. The van der Waals surface area contributed by atoms with E-state index in [2.05, 4.69) is 22.4 Å². The van der Waals surface area contributed by atoms with E-state index in [4.69, 9.17) is 4.74 Å². The average molecular weight is 284 g/mol. The highest BCUT2D eigenvalue weighted by atomic mass is 16.5. The van der Waals surface area contributed by atoms with Crippen LogP contribution in [0, 0.1) is 0 Å². The predicted molar refractivity (Wildman–Crippen MR) is 82.5 cm³/mol. The molecule has 0 aliphatic rings. The molecule has 110 valence electrons. The second-order valence-corrected chi connectivity index (χ2v) is 4.63. The zero-order valence-electron chi connectivity index (χ0n) is 12.2. The maximum Gasteiger partial charge on any atom is 0.256 e. The fraction of sp³-hybridized carbons (Fsp3) is 0.294. The molecule has 2 aromatic rings. The standard InChI is InChI=1S/C17H20N2O2/c1-2-21-17-15(11-7-13-19-17)16(20)18-12-6-10-14-8-4-3-5-9-14/h3-5,7-9,11,13H,2,6,10,12H2,1H3,(H,18,20). The molecular weight excluding hydrogens is 264 g/mol. The maximum absolute atomic E-state index is 12.1. The summed E-state index contributed by atoms with van der Waals surface area (Å²) < 4.78 is 5.36. The third-order valence-electron chi connectivity index (χ3n) is 3.07. The Morgan fingerprint density at radius 3 is 2.76 bits per heavy atom. The van der Waals surface area contributed by atoms with Crippen molar-refractivity contribution in [2.45, 2.75) is 19.8 Å². The van der Waals surface area contributed by atoms with Crippen molar-refractivity contribution in [3.63, 3.8) is 0 Å². The first-order valence-electron chi connectivity index (χ1n) is 7.21. The summed E-state index contributed by atoms with van der Waals surface area (Å²) >= 11 is 0. The fourth-order valence-electron chi connectivity index (χ4n) is 2.05. The van der Waals surface area contributed by atoms with E-state index < -0.39 is 0 Å². The summed E-state index contributed by atoms with van der Waals surface area (Å²) in [7, 11) is 0. The van der Waals surface area contributed by atoms with E-state index in [9.17, 15) is 4.79 Å². The molecule has 0 unspecified atom stereocenters. The van der Waals surface area contributed by atoms with E-state index in [0.29, 0.717) is 24.6 Å². The molecule has 0 aliphatic carbocycles. The smallest absolute Gasteiger partial charge is 0.256 e. The van der Waals surface area contributed by atoms with Crippen LogP contribution in [0.1, 0.15) is 29.3 Å². The molecule has 0 aliphatic heterocycles. The molecule has 0 radical (unpaired) electrons. The van der Waals surface area contributed by atoms with Gasteiger partial charge in [0.05, 0.1) is 6.61 Å². The van der Waals surface area contributed by atoms with E-state index in [0.717, 1.165) is 12.8 Å². The molecule has 0 atom stereocenters. The van der Waals surface area contributed by atoms with Crippen LogP contribution in [-0.2, 0) is 6.42 Å². The molecule has 0 fully saturated rings. The van der Waals surface area contributed by atoms with E-state index in [1.165, 1.54) is 5.56 Å². The zero-order chi connectivity index (χ0) is 14.9. The number of nitrogens with one attached hydrogen (secondary N) is 1. The van der Waals surface area contributed by atoms with E-state index in [1.54, 1.807) is 18.3 Å². The SMILES string of the molecule is CCOc1ncccc1C(=O)NCCCc1ccccc1. The normalized spacial score (nSPS) is 10.1. The molecule has 1 aromatic heterocycles. The van der Waals surface area contributed by atoms with E-state index >= 15 is 0 Å². The van der Waals surface area contributed by atoms with Crippen molar-refractivity contribution in [1.82, 2.24) is 10.3 Å². The number of carbonyl (C=O) groups is 1. The van der Waals surface area contributed by atoms with Gasteiger partial charge in [0.2, 0.25) is 5.88 Å². The molecule has 1 N–H and O–H groups in total. The minimum Gasteiger partial charge on any atom is -0.477 e. The van der Waals surface area contributed by atoms with Gasteiger partial charge in [0.15, 0.2) is 0 Å². The Bertz CT molecular complexity index is 570. The molecule has 1 amide bonds. The van der Waals surface area contributed by atoms with Crippen LogP contribution in [0.3, 0.4) is 0 Å². The summed E-state index contributed by atoms with van der Waals surface area (Å²) in [6, 6.07) is 13.7. The van der Waals surface area contributed by atoms with E-state index in [-0.39, 0.29) is 5.91 Å². The van der Waals surface area contributed by atoms with Crippen molar-refractivity contribution in [3.05, 3.63) is 59.8 Å². The molecule has 4 nitrogen and oxygen atoms in total. The molecule has 21 heavy (non-hydrogen) atoms. The first-order valence-corrected chi connectivity index (χ1v) is 7.21. The van der Waals surface area contributed by atoms with Crippen molar-refractivity contribution < 1.29 is 9.53 Å². The van der Waals surface area contributed by atoms with Gasteiger partial charge in [-0.1, -0.05) is 30.3 Å². The van der Waals surface area contributed by atoms with Crippen LogP contribution in [0.2, 0.25) is 0 Å². The molecule has 2 rings (SSSR count). The third kappa shape index (κ3) is 4.60. The van der Waals surface area contributed by atoms with Crippen LogP contribution in [-0.4, -0.2) is 24.0 Å². The van der Waals surface area contributed by atoms with Gasteiger partial charge in [-0.25, -0.2) is 4.98 Å². The highest BCUT2D eigenvalue weighted by molar-refractivity contribution is 5.96. The van der Waals surface area contributed by atoms with Crippen LogP contribution >= 0.6 is 0 Å². The topological polar surface area (TPSA) is 51.2 Å². The Hall–Kier alpha value is -2.36. The molecular formula is C17H20N2O2. The summed E-state index contributed by atoms with van der Waals surface area (Å²) in [5.74, 6) is 0.250.